The molecule has 1 heterocycles. The van der Waals surface area contributed by atoms with Crippen molar-refractivity contribution in [2.45, 2.75) is 4.08 Å². The number of hydrogen-bond donors (Lipinski definition) is 0. The Morgan fingerprint density at radius 2 is 1.87 bits per heavy atom. The summed E-state index contributed by atoms with van der Waals surface area (Å²) in [5.74, 6) is 2.47. The summed E-state index contributed by atoms with van der Waals surface area (Å²) >= 11 is 3.87. The maximum atomic E-state index is 11.7. The third kappa shape index (κ3) is 1.37. The maximum absolute atomic E-state index is 11.7. The minimum Gasteiger partial charge on any atom is -0.289 e. The highest BCUT2D eigenvalue weighted by Gasteiger charge is 2.39. The fraction of sp³-hybridized carbons (Fsp3) is 0.250. The quantitative estimate of drug-likeness (QED) is 0.686. The SMILES string of the molecule is O=C1C=CC2(SCCS2)c2ccccc21. The number of ketones is 1. The van der Waals surface area contributed by atoms with Gasteiger partial charge in [-0.25, -0.2) is 0 Å². The summed E-state index contributed by atoms with van der Waals surface area (Å²) in [5, 5.41) is 0. The molecule has 1 aromatic carbocycles. The molecule has 0 atom stereocenters. The number of carbonyl (C=O) groups excluding carboxylic acids is 1. The van der Waals surface area contributed by atoms with E-state index in [0.29, 0.717) is 0 Å². The molecule has 0 amide bonds. The smallest absolute Gasteiger partial charge is 0.185 e. The second-order valence-corrected chi connectivity index (χ2v) is 6.55. The van der Waals surface area contributed by atoms with E-state index in [1.807, 2.05) is 41.7 Å². The van der Waals surface area contributed by atoms with E-state index in [1.54, 1.807) is 6.08 Å². The van der Waals surface area contributed by atoms with Crippen molar-refractivity contribution in [3.63, 3.8) is 0 Å². The minimum atomic E-state index is 0.0184. The van der Waals surface area contributed by atoms with Crippen LogP contribution in [0.3, 0.4) is 0 Å². The van der Waals surface area contributed by atoms with Gasteiger partial charge in [-0.2, -0.15) is 0 Å². The molecule has 0 unspecified atom stereocenters. The second kappa shape index (κ2) is 3.42. The average molecular weight is 234 g/mol. The predicted molar refractivity (Wildman–Crippen MR) is 66.5 cm³/mol. The fourth-order valence-corrected chi connectivity index (χ4v) is 5.15. The van der Waals surface area contributed by atoms with E-state index in [4.69, 9.17) is 0 Å². The highest BCUT2D eigenvalue weighted by molar-refractivity contribution is 8.20. The van der Waals surface area contributed by atoms with Crippen molar-refractivity contribution < 1.29 is 4.79 Å². The number of hydrogen-bond acceptors (Lipinski definition) is 3. The molecule has 0 bridgehead atoms. The molecule has 1 aliphatic carbocycles. The molecule has 1 spiro atoms. The van der Waals surface area contributed by atoms with Crippen LogP contribution in [0.15, 0.2) is 36.4 Å². The van der Waals surface area contributed by atoms with Crippen LogP contribution in [0.25, 0.3) is 0 Å². The van der Waals surface area contributed by atoms with Gasteiger partial charge in [-0.05, 0) is 11.6 Å². The Hall–Kier alpha value is -0.670. The summed E-state index contributed by atoms with van der Waals surface area (Å²) in [6, 6.07) is 7.98. The van der Waals surface area contributed by atoms with Crippen LogP contribution in [-0.4, -0.2) is 17.3 Å². The van der Waals surface area contributed by atoms with Crippen molar-refractivity contribution in [2.75, 3.05) is 11.5 Å². The molecule has 76 valence electrons. The van der Waals surface area contributed by atoms with Crippen molar-refractivity contribution in [1.82, 2.24) is 0 Å². The summed E-state index contributed by atoms with van der Waals surface area (Å²) in [4.78, 5) is 11.7. The van der Waals surface area contributed by atoms with Gasteiger partial charge in [-0.3, -0.25) is 4.79 Å². The summed E-state index contributed by atoms with van der Waals surface area (Å²) in [5.41, 5.74) is 2.06. The molecule has 1 nitrogen and oxygen atoms in total. The average Bonchev–Trinajstić information content (AvgIpc) is 2.74. The Kier molecular flexibility index (Phi) is 2.18. The van der Waals surface area contributed by atoms with Crippen LogP contribution >= 0.6 is 23.5 Å². The maximum Gasteiger partial charge on any atom is 0.185 e. The molecule has 0 saturated carbocycles. The standard InChI is InChI=1S/C12H10OS2/c13-11-5-6-12(14-7-8-15-12)10-4-2-1-3-9(10)11/h1-6H,7-8H2. The predicted octanol–water partition coefficient (Wildman–Crippen LogP) is 3.07. The highest BCUT2D eigenvalue weighted by atomic mass is 32.2. The first-order valence-electron chi connectivity index (χ1n) is 4.93. The van der Waals surface area contributed by atoms with Gasteiger partial charge in [0.15, 0.2) is 5.78 Å². The van der Waals surface area contributed by atoms with Crippen LogP contribution in [0, 0.1) is 0 Å². The molecule has 0 radical (unpaired) electrons. The molecule has 1 aliphatic heterocycles. The van der Waals surface area contributed by atoms with Gasteiger partial charge >= 0.3 is 0 Å². The van der Waals surface area contributed by atoms with E-state index < -0.39 is 0 Å². The van der Waals surface area contributed by atoms with Gasteiger partial charge in [-0.15, -0.1) is 23.5 Å². The molecule has 3 heteroatoms. The first-order valence-corrected chi connectivity index (χ1v) is 6.90. The largest absolute Gasteiger partial charge is 0.289 e. The Bertz CT molecular complexity index is 445. The number of allylic oxidation sites excluding steroid dienone is 1. The lowest BCUT2D eigenvalue weighted by Gasteiger charge is -2.28. The Balaban J connectivity index is 2.21. The Morgan fingerprint density at radius 3 is 2.67 bits per heavy atom. The zero-order valence-corrected chi connectivity index (χ0v) is 9.74. The third-order valence-corrected chi connectivity index (χ3v) is 6.09. The topological polar surface area (TPSA) is 17.1 Å². The molecular weight excluding hydrogens is 224 g/mol. The molecule has 0 N–H and O–H groups in total. The lowest BCUT2D eigenvalue weighted by Crippen LogP contribution is -2.20. The van der Waals surface area contributed by atoms with Crippen molar-refractivity contribution in [1.29, 1.82) is 0 Å². The van der Waals surface area contributed by atoms with Gasteiger partial charge in [0.2, 0.25) is 0 Å². The second-order valence-electron chi connectivity index (χ2n) is 3.61. The zero-order valence-electron chi connectivity index (χ0n) is 8.10. The molecule has 1 fully saturated rings. The van der Waals surface area contributed by atoms with Crippen LogP contribution in [0.4, 0.5) is 0 Å². The minimum absolute atomic E-state index is 0.0184. The van der Waals surface area contributed by atoms with Crippen LogP contribution in [0.5, 0.6) is 0 Å². The number of thioether (sulfide) groups is 2. The highest BCUT2D eigenvalue weighted by Crippen LogP contribution is 2.55. The van der Waals surface area contributed by atoms with Gasteiger partial charge in [-0.1, -0.05) is 30.3 Å². The molecule has 1 aromatic rings. The van der Waals surface area contributed by atoms with Crippen LogP contribution in [0.1, 0.15) is 15.9 Å². The molecular formula is C12H10OS2. The van der Waals surface area contributed by atoms with Gasteiger partial charge < -0.3 is 0 Å². The van der Waals surface area contributed by atoms with Crippen molar-refractivity contribution in [3.05, 3.63) is 47.5 Å². The zero-order chi connectivity index (χ0) is 10.3. The van der Waals surface area contributed by atoms with Crippen LogP contribution in [-0.2, 0) is 4.08 Å². The van der Waals surface area contributed by atoms with Crippen molar-refractivity contribution in [3.8, 4) is 0 Å². The molecule has 2 aliphatic rings. The third-order valence-electron chi connectivity index (χ3n) is 2.74. The number of rotatable bonds is 0. The van der Waals surface area contributed by atoms with E-state index in [-0.39, 0.29) is 9.86 Å². The number of fused-ring (bicyclic) bond motifs is 2. The van der Waals surface area contributed by atoms with Crippen molar-refractivity contribution >= 4 is 29.3 Å². The summed E-state index contributed by atoms with van der Waals surface area (Å²) in [7, 11) is 0. The van der Waals surface area contributed by atoms with Gasteiger partial charge in [0.25, 0.3) is 0 Å². The Morgan fingerprint density at radius 1 is 1.13 bits per heavy atom. The molecule has 3 rings (SSSR count). The van der Waals surface area contributed by atoms with E-state index in [2.05, 4.69) is 12.1 Å². The first kappa shape index (κ1) is 9.55. The van der Waals surface area contributed by atoms with Crippen LogP contribution in [0.2, 0.25) is 0 Å². The first-order chi connectivity index (χ1) is 7.32. The normalized spacial score (nSPS) is 22.0. The lowest BCUT2D eigenvalue weighted by atomic mass is 9.95. The number of carbonyl (C=O) groups is 1. The summed E-state index contributed by atoms with van der Waals surface area (Å²) < 4.78 is 0.0184. The lowest BCUT2D eigenvalue weighted by molar-refractivity contribution is 0.104. The van der Waals surface area contributed by atoms with E-state index >= 15 is 0 Å². The molecule has 1 saturated heterocycles. The number of benzene rings is 1. The van der Waals surface area contributed by atoms with Gasteiger partial charge in [0.05, 0.1) is 0 Å². The van der Waals surface area contributed by atoms with E-state index in [1.165, 1.54) is 5.56 Å². The van der Waals surface area contributed by atoms with E-state index in [0.717, 1.165) is 17.1 Å². The monoisotopic (exact) mass is 234 g/mol. The van der Waals surface area contributed by atoms with Crippen LogP contribution < -0.4 is 0 Å². The Labute approximate surface area is 97.3 Å². The fourth-order valence-electron chi connectivity index (χ4n) is 2.05. The van der Waals surface area contributed by atoms with E-state index in [9.17, 15) is 4.79 Å². The van der Waals surface area contributed by atoms with Gasteiger partial charge in [0, 0.05) is 17.1 Å². The molecule has 0 aromatic heterocycles. The summed E-state index contributed by atoms with van der Waals surface area (Å²) in [6.45, 7) is 0. The molecule has 15 heavy (non-hydrogen) atoms. The summed E-state index contributed by atoms with van der Waals surface area (Å²) in [6.07, 6.45) is 3.80. The van der Waals surface area contributed by atoms with Gasteiger partial charge in [0.1, 0.15) is 4.08 Å². The van der Waals surface area contributed by atoms with Crippen molar-refractivity contribution in [2.24, 2.45) is 0 Å².